The molecule has 0 N–H and O–H groups in total. The maximum Gasteiger partial charge on any atom is 0.342 e. The molecule has 1 amide bonds. The van der Waals surface area contributed by atoms with Gasteiger partial charge < -0.3 is 9.64 Å². The van der Waals surface area contributed by atoms with Crippen LogP contribution in [0, 0.1) is 0 Å². The smallest absolute Gasteiger partial charge is 0.342 e. The number of pyridine rings is 1. The number of benzene rings is 1. The van der Waals surface area contributed by atoms with Crippen molar-refractivity contribution in [3.8, 4) is 0 Å². The van der Waals surface area contributed by atoms with E-state index < -0.39 is 23.7 Å². The Morgan fingerprint density at radius 3 is 2.40 bits per heavy atom. The van der Waals surface area contributed by atoms with Crippen LogP contribution in [0.4, 0.5) is 8.78 Å². The van der Waals surface area contributed by atoms with E-state index in [1.54, 1.807) is 30.3 Å². The van der Waals surface area contributed by atoms with Gasteiger partial charge in [-0.3, -0.25) is 4.79 Å². The topological polar surface area (TPSA) is 59.5 Å². The molecule has 0 bridgehead atoms. The first kappa shape index (κ1) is 18.9. The summed E-state index contributed by atoms with van der Waals surface area (Å²) in [5.41, 5.74) is 0.377. The molecule has 25 heavy (non-hydrogen) atoms. The van der Waals surface area contributed by atoms with E-state index in [2.05, 4.69) is 4.98 Å². The second-order valence-corrected chi connectivity index (χ2v) is 6.14. The van der Waals surface area contributed by atoms with E-state index in [1.807, 2.05) is 0 Å². The Hall–Kier alpha value is -2.48. The SMILES string of the molecule is CN(C)C(=O)C(OC(=O)c1cccnc1SC(F)F)c1ccccc1. The third-order valence-electron chi connectivity index (χ3n) is 3.18. The van der Waals surface area contributed by atoms with Crippen molar-refractivity contribution in [3.05, 3.63) is 59.8 Å². The Bertz CT molecular complexity index is 742. The molecule has 1 unspecified atom stereocenters. The Labute approximate surface area is 148 Å². The first-order valence-electron chi connectivity index (χ1n) is 7.27. The first-order valence-corrected chi connectivity index (χ1v) is 8.15. The van der Waals surface area contributed by atoms with Crippen molar-refractivity contribution in [2.75, 3.05) is 14.1 Å². The number of hydrogen-bond acceptors (Lipinski definition) is 5. The van der Waals surface area contributed by atoms with Crippen LogP contribution in [-0.4, -0.2) is 41.6 Å². The summed E-state index contributed by atoms with van der Waals surface area (Å²) in [7, 11) is 3.07. The van der Waals surface area contributed by atoms with Crippen molar-refractivity contribution in [2.45, 2.75) is 16.9 Å². The van der Waals surface area contributed by atoms with Gasteiger partial charge in [0.1, 0.15) is 5.03 Å². The Kier molecular flexibility index (Phi) is 6.46. The van der Waals surface area contributed by atoms with Crippen LogP contribution in [0.2, 0.25) is 0 Å². The minimum absolute atomic E-state index is 0.111. The van der Waals surface area contributed by atoms with Crippen LogP contribution in [0.3, 0.4) is 0 Å². The third-order valence-corrected chi connectivity index (χ3v) is 3.91. The summed E-state index contributed by atoms with van der Waals surface area (Å²) in [6.45, 7) is 0. The zero-order valence-electron chi connectivity index (χ0n) is 13.6. The first-order chi connectivity index (χ1) is 11.9. The molecule has 1 heterocycles. The predicted octanol–water partition coefficient (Wildman–Crippen LogP) is 3.38. The minimum Gasteiger partial charge on any atom is -0.444 e. The molecule has 2 rings (SSSR count). The second-order valence-electron chi connectivity index (χ2n) is 5.16. The Morgan fingerprint density at radius 2 is 1.80 bits per heavy atom. The van der Waals surface area contributed by atoms with Crippen LogP contribution in [-0.2, 0) is 9.53 Å². The normalized spacial score (nSPS) is 11.9. The zero-order valence-corrected chi connectivity index (χ0v) is 14.4. The standard InChI is InChI=1S/C17H16F2N2O3S/c1-21(2)15(22)13(11-7-4-3-5-8-11)24-16(23)12-9-6-10-20-14(12)25-17(18)19/h3-10,13,17H,1-2H3. The highest BCUT2D eigenvalue weighted by Gasteiger charge is 2.28. The van der Waals surface area contributed by atoms with Crippen LogP contribution in [0.25, 0.3) is 0 Å². The summed E-state index contributed by atoms with van der Waals surface area (Å²) in [5.74, 6) is -4.05. The molecular weight excluding hydrogens is 350 g/mol. The fraction of sp³-hybridized carbons (Fsp3) is 0.235. The van der Waals surface area contributed by atoms with Gasteiger partial charge in [0.05, 0.1) is 5.56 Å². The molecule has 0 saturated heterocycles. The summed E-state index contributed by atoms with van der Waals surface area (Å²) in [6, 6.07) is 11.3. The maximum atomic E-state index is 12.6. The molecule has 0 radical (unpaired) electrons. The van der Waals surface area contributed by atoms with Crippen LogP contribution >= 0.6 is 11.8 Å². The van der Waals surface area contributed by atoms with E-state index in [-0.39, 0.29) is 22.4 Å². The molecule has 132 valence electrons. The molecule has 0 saturated carbocycles. The lowest BCUT2D eigenvalue weighted by Gasteiger charge is -2.21. The monoisotopic (exact) mass is 366 g/mol. The molecule has 0 aliphatic rings. The number of nitrogens with zero attached hydrogens (tertiary/aromatic N) is 2. The summed E-state index contributed by atoms with van der Waals surface area (Å²) >= 11 is 0.150. The fourth-order valence-electron chi connectivity index (χ4n) is 2.02. The number of ether oxygens (including phenoxy) is 1. The van der Waals surface area contributed by atoms with E-state index in [9.17, 15) is 18.4 Å². The summed E-state index contributed by atoms with van der Waals surface area (Å²) in [6.07, 6.45) is 0.134. The average molecular weight is 366 g/mol. The van der Waals surface area contributed by atoms with Gasteiger partial charge in [0.25, 0.3) is 11.7 Å². The van der Waals surface area contributed by atoms with Gasteiger partial charge in [0.15, 0.2) is 0 Å². The van der Waals surface area contributed by atoms with Crippen LogP contribution in [0.15, 0.2) is 53.7 Å². The molecule has 1 aromatic carbocycles. The van der Waals surface area contributed by atoms with Crippen molar-refractivity contribution < 1.29 is 23.1 Å². The molecular formula is C17H16F2N2O3S. The van der Waals surface area contributed by atoms with Crippen LogP contribution < -0.4 is 0 Å². The van der Waals surface area contributed by atoms with Gasteiger partial charge in [0.2, 0.25) is 6.10 Å². The van der Waals surface area contributed by atoms with Gasteiger partial charge in [0, 0.05) is 25.9 Å². The van der Waals surface area contributed by atoms with E-state index in [1.165, 1.54) is 37.3 Å². The van der Waals surface area contributed by atoms with Crippen molar-refractivity contribution in [1.29, 1.82) is 0 Å². The van der Waals surface area contributed by atoms with Crippen molar-refractivity contribution in [3.63, 3.8) is 0 Å². The average Bonchev–Trinajstić information content (AvgIpc) is 2.59. The lowest BCUT2D eigenvalue weighted by molar-refractivity contribution is -0.138. The van der Waals surface area contributed by atoms with Gasteiger partial charge in [-0.25, -0.2) is 9.78 Å². The van der Waals surface area contributed by atoms with Crippen LogP contribution in [0.1, 0.15) is 22.0 Å². The molecule has 0 aliphatic carbocycles. The number of alkyl halides is 2. The second kappa shape index (κ2) is 8.57. The highest BCUT2D eigenvalue weighted by molar-refractivity contribution is 7.99. The van der Waals surface area contributed by atoms with E-state index in [4.69, 9.17) is 4.74 Å². The molecule has 8 heteroatoms. The summed E-state index contributed by atoms with van der Waals surface area (Å²) in [4.78, 5) is 29.9. The third kappa shape index (κ3) is 4.99. The molecule has 1 atom stereocenters. The van der Waals surface area contributed by atoms with Gasteiger partial charge in [-0.2, -0.15) is 8.78 Å². The minimum atomic E-state index is -2.73. The molecule has 2 aromatic rings. The number of likely N-dealkylation sites (N-methyl/N-ethyl adjacent to an activating group) is 1. The van der Waals surface area contributed by atoms with E-state index in [0.29, 0.717) is 5.56 Å². The van der Waals surface area contributed by atoms with Crippen LogP contribution in [0.5, 0.6) is 0 Å². The zero-order chi connectivity index (χ0) is 18.4. The number of hydrogen-bond donors (Lipinski definition) is 0. The quantitative estimate of drug-likeness (QED) is 0.579. The fourth-order valence-corrected chi connectivity index (χ4v) is 2.59. The number of thioether (sulfide) groups is 1. The molecule has 0 fully saturated rings. The van der Waals surface area contributed by atoms with E-state index in [0.717, 1.165) is 0 Å². The highest BCUT2D eigenvalue weighted by atomic mass is 32.2. The number of rotatable bonds is 6. The number of carbonyl (C=O) groups excluding carboxylic acids is 2. The number of halogens is 2. The van der Waals surface area contributed by atoms with Gasteiger partial charge in [-0.1, -0.05) is 30.3 Å². The highest BCUT2D eigenvalue weighted by Crippen LogP contribution is 2.28. The number of amides is 1. The lowest BCUT2D eigenvalue weighted by atomic mass is 10.1. The summed E-state index contributed by atoms with van der Waals surface area (Å²) < 4.78 is 30.6. The van der Waals surface area contributed by atoms with Crippen molar-refractivity contribution in [2.24, 2.45) is 0 Å². The number of esters is 1. The van der Waals surface area contributed by atoms with Crippen molar-refractivity contribution >= 4 is 23.6 Å². The van der Waals surface area contributed by atoms with Gasteiger partial charge in [-0.05, 0) is 23.9 Å². The predicted molar refractivity (Wildman–Crippen MR) is 89.4 cm³/mol. The van der Waals surface area contributed by atoms with E-state index >= 15 is 0 Å². The van der Waals surface area contributed by atoms with Gasteiger partial charge in [-0.15, -0.1) is 0 Å². The van der Waals surface area contributed by atoms with Crippen molar-refractivity contribution in [1.82, 2.24) is 9.88 Å². The number of carbonyl (C=O) groups is 2. The largest absolute Gasteiger partial charge is 0.444 e. The summed E-state index contributed by atoms with van der Waals surface area (Å²) in [5, 5.41) is -0.147. The maximum absolute atomic E-state index is 12.6. The molecule has 1 aromatic heterocycles. The lowest BCUT2D eigenvalue weighted by Crippen LogP contribution is -2.31. The number of aromatic nitrogens is 1. The van der Waals surface area contributed by atoms with Gasteiger partial charge >= 0.3 is 5.97 Å². The molecule has 5 nitrogen and oxygen atoms in total. The Balaban J connectivity index is 2.30. The molecule has 0 spiro atoms. The Morgan fingerprint density at radius 1 is 1.12 bits per heavy atom. The molecule has 0 aliphatic heterocycles.